The molecule has 0 saturated carbocycles. The lowest BCUT2D eigenvalue weighted by molar-refractivity contribution is 0.102. The number of nitrogens with one attached hydrogen (secondary N) is 2. The molecule has 0 aliphatic heterocycles. The summed E-state index contributed by atoms with van der Waals surface area (Å²) in [7, 11) is 3.06. The van der Waals surface area contributed by atoms with Gasteiger partial charge in [0, 0.05) is 24.4 Å². The number of carbonyl (C=O) groups excluding carboxylic acids is 1. The van der Waals surface area contributed by atoms with Crippen molar-refractivity contribution in [3.63, 3.8) is 0 Å². The molecule has 2 heterocycles. The third kappa shape index (κ3) is 4.29. The molecule has 0 radical (unpaired) electrons. The number of nitrogens with zero attached hydrogens (tertiary/aromatic N) is 2. The first-order chi connectivity index (χ1) is 13.0. The third-order valence-electron chi connectivity index (χ3n) is 3.62. The minimum atomic E-state index is -0.361. The average Bonchev–Trinajstić information content (AvgIpc) is 3.07. The first kappa shape index (κ1) is 18.5. The molecule has 0 fully saturated rings. The topological polar surface area (TPSA) is 98.5 Å². The van der Waals surface area contributed by atoms with E-state index in [1.807, 2.05) is 0 Å². The maximum atomic E-state index is 12.4. The molecule has 2 N–H and O–H groups in total. The Balaban J connectivity index is 1.82. The number of methoxy groups -OCH3 is 2. The van der Waals surface area contributed by atoms with Crippen LogP contribution in [0, 0.1) is 6.92 Å². The van der Waals surface area contributed by atoms with Crippen LogP contribution < -0.4 is 20.1 Å². The largest absolute Gasteiger partial charge is 0.495 e. The highest BCUT2D eigenvalue weighted by Crippen LogP contribution is 2.37. The summed E-state index contributed by atoms with van der Waals surface area (Å²) >= 11 is 6.12. The van der Waals surface area contributed by atoms with Crippen molar-refractivity contribution in [3.05, 3.63) is 53.0 Å². The Kier molecular flexibility index (Phi) is 5.46. The molecule has 8 nitrogen and oxygen atoms in total. The Labute approximate surface area is 160 Å². The van der Waals surface area contributed by atoms with E-state index in [0.29, 0.717) is 45.0 Å². The van der Waals surface area contributed by atoms with Gasteiger partial charge in [-0.15, -0.1) is 0 Å². The summed E-state index contributed by atoms with van der Waals surface area (Å²) < 4.78 is 15.5. The summed E-state index contributed by atoms with van der Waals surface area (Å²) in [5, 5.41) is 9.95. The summed E-state index contributed by atoms with van der Waals surface area (Å²) in [4.78, 5) is 16.5. The van der Waals surface area contributed by atoms with Gasteiger partial charge in [-0.1, -0.05) is 16.8 Å². The van der Waals surface area contributed by atoms with Crippen molar-refractivity contribution in [1.29, 1.82) is 0 Å². The Morgan fingerprint density at radius 3 is 2.56 bits per heavy atom. The molecule has 0 aliphatic rings. The lowest BCUT2D eigenvalue weighted by Crippen LogP contribution is -2.12. The van der Waals surface area contributed by atoms with Crippen LogP contribution in [0.25, 0.3) is 0 Å². The van der Waals surface area contributed by atoms with Gasteiger partial charge < -0.3 is 24.6 Å². The number of pyridine rings is 1. The van der Waals surface area contributed by atoms with E-state index >= 15 is 0 Å². The van der Waals surface area contributed by atoms with Crippen molar-refractivity contribution in [1.82, 2.24) is 10.1 Å². The smallest absolute Gasteiger partial charge is 0.258 e. The number of rotatable bonds is 6. The first-order valence-electron chi connectivity index (χ1n) is 7.88. The van der Waals surface area contributed by atoms with Gasteiger partial charge in [0.2, 0.25) is 0 Å². The second-order valence-electron chi connectivity index (χ2n) is 5.55. The molecular weight excluding hydrogens is 372 g/mol. The van der Waals surface area contributed by atoms with Gasteiger partial charge in [0.05, 0.1) is 42.4 Å². The van der Waals surface area contributed by atoms with Crippen LogP contribution >= 0.6 is 11.6 Å². The van der Waals surface area contributed by atoms with Crippen molar-refractivity contribution >= 4 is 34.7 Å². The minimum absolute atomic E-state index is 0.333. The number of carbonyl (C=O) groups is 1. The van der Waals surface area contributed by atoms with Crippen LogP contribution in [0.3, 0.4) is 0 Å². The van der Waals surface area contributed by atoms with Crippen LogP contribution in [0.15, 0.2) is 41.2 Å². The molecule has 0 aliphatic carbocycles. The van der Waals surface area contributed by atoms with Crippen molar-refractivity contribution in [2.75, 3.05) is 24.9 Å². The van der Waals surface area contributed by atoms with Gasteiger partial charge in [-0.05, 0) is 13.0 Å². The summed E-state index contributed by atoms with van der Waals surface area (Å²) in [5.41, 5.74) is 1.55. The fourth-order valence-corrected chi connectivity index (χ4v) is 2.59. The molecule has 0 saturated heterocycles. The van der Waals surface area contributed by atoms with E-state index in [0.717, 1.165) is 0 Å². The predicted molar refractivity (Wildman–Crippen MR) is 101 cm³/mol. The number of aromatic nitrogens is 2. The predicted octanol–water partition coefficient (Wildman–Crippen LogP) is 4.04. The monoisotopic (exact) mass is 388 g/mol. The van der Waals surface area contributed by atoms with Crippen LogP contribution in [0.5, 0.6) is 11.5 Å². The Morgan fingerprint density at radius 2 is 1.89 bits per heavy atom. The van der Waals surface area contributed by atoms with E-state index in [2.05, 4.69) is 20.8 Å². The number of hydrogen-bond acceptors (Lipinski definition) is 7. The van der Waals surface area contributed by atoms with Gasteiger partial charge in [-0.2, -0.15) is 0 Å². The minimum Gasteiger partial charge on any atom is -0.495 e. The van der Waals surface area contributed by atoms with E-state index in [4.69, 9.17) is 25.6 Å². The average molecular weight is 389 g/mol. The van der Waals surface area contributed by atoms with Crippen molar-refractivity contribution in [3.8, 4) is 11.5 Å². The zero-order valence-corrected chi connectivity index (χ0v) is 15.6. The van der Waals surface area contributed by atoms with Crippen LogP contribution in [0.4, 0.5) is 17.2 Å². The molecule has 27 heavy (non-hydrogen) atoms. The summed E-state index contributed by atoms with van der Waals surface area (Å²) in [6, 6.07) is 6.61. The molecule has 0 atom stereocenters. The molecule has 0 spiro atoms. The zero-order valence-electron chi connectivity index (χ0n) is 14.9. The molecule has 9 heteroatoms. The lowest BCUT2D eigenvalue weighted by Gasteiger charge is -2.14. The van der Waals surface area contributed by atoms with Crippen molar-refractivity contribution in [2.24, 2.45) is 0 Å². The van der Waals surface area contributed by atoms with Crippen LogP contribution in [0.1, 0.15) is 16.1 Å². The van der Waals surface area contributed by atoms with Crippen molar-refractivity contribution in [2.45, 2.75) is 6.92 Å². The summed E-state index contributed by atoms with van der Waals surface area (Å²) in [6.07, 6.45) is 3.03. The van der Waals surface area contributed by atoms with Crippen LogP contribution in [-0.4, -0.2) is 30.3 Å². The highest BCUT2D eigenvalue weighted by Gasteiger charge is 2.13. The molecule has 1 amide bonds. The molecule has 0 bridgehead atoms. The number of hydrogen-bond donors (Lipinski definition) is 2. The second kappa shape index (κ2) is 7.96. The van der Waals surface area contributed by atoms with Gasteiger partial charge in [0.25, 0.3) is 5.91 Å². The molecular formula is C18H17ClN4O4. The molecule has 140 valence electrons. The van der Waals surface area contributed by atoms with Crippen LogP contribution in [0.2, 0.25) is 5.02 Å². The van der Waals surface area contributed by atoms with Gasteiger partial charge in [0.15, 0.2) is 5.82 Å². The fourth-order valence-electron chi connectivity index (χ4n) is 2.36. The number of halogens is 1. The summed E-state index contributed by atoms with van der Waals surface area (Å²) in [5.74, 6) is 1.58. The Hall–Kier alpha value is -3.26. The zero-order chi connectivity index (χ0) is 19.4. The molecule has 0 unspecified atom stereocenters. The highest BCUT2D eigenvalue weighted by atomic mass is 35.5. The summed E-state index contributed by atoms with van der Waals surface area (Å²) in [6.45, 7) is 1.74. The fraction of sp³-hybridized carbons (Fsp3) is 0.167. The highest BCUT2D eigenvalue weighted by molar-refractivity contribution is 6.32. The lowest BCUT2D eigenvalue weighted by atomic mass is 10.2. The maximum absolute atomic E-state index is 12.4. The molecule has 2 aromatic heterocycles. The van der Waals surface area contributed by atoms with Crippen molar-refractivity contribution < 1.29 is 18.8 Å². The normalized spacial score (nSPS) is 10.4. The number of anilines is 3. The molecule has 1 aromatic carbocycles. The van der Waals surface area contributed by atoms with E-state index in [1.54, 1.807) is 37.4 Å². The Morgan fingerprint density at radius 1 is 1.11 bits per heavy atom. The quantitative estimate of drug-likeness (QED) is 0.657. The number of benzene rings is 1. The van der Waals surface area contributed by atoms with E-state index in [9.17, 15) is 4.79 Å². The van der Waals surface area contributed by atoms with Gasteiger partial charge in [-0.3, -0.25) is 9.78 Å². The number of aryl methyl sites for hydroxylation is 1. The SMILES string of the molecule is COc1cc(Nc2cncc(C(=O)Nc3cc(C)on3)c2)c(OC)cc1Cl. The maximum Gasteiger partial charge on any atom is 0.258 e. The Bertz CT molecular complexity index is 974. The second-order valence-corrected chi connectivity index (χ2v) is 5.96. The molecule has 3 rings (SSSR count). The van der Waals surface area contributed by atoms with E-state index in [-0.39, 0.29) is 5.91 Å². The van der Waals surface area contributed by atoms with Gasteiger partial charge in [0.1, 0.15) is 17.3 Å². The van der Waals surface area contributed by atoms with E-state index in [1.165, 1.54) is 20.4 Å². The standard InChI is InChI=1S/C18H17ClN4O4/c1-10-4-17(23-27-10)22-18(24)11-5-12(9-20-8-11)21-14-7-15(25-2)13(19)6-16(14)26-3/h4-9,21H,1-3H3,(H,22,23,24). The third-order valence-corrected chi connectivity index (χ3v) is 3.92. The first-order valence-corrected chi connectivity index (χ1v) is 8.26. The van der Waals surface area contributed by atoms with E-state index < -0.39 is 0 Å². The van der Waals surface area contributed by atoms with Gasteiger partial charge in [-0.25, -0.2) is 0 Å². The molecule has 3 aromatic rings. The van der Waals surface area contributed by atoms with Crippen LogP contribution in [-0.2, 0) is 0 Å². The number of amides is 1. The number of ether oxygens (including phenoxy) is 2. The van der Waals surface area contributed by atoms with Gasteiger partial charge >= 0.3 is 0 Å².